The molecule has 0 radical (unpaired) electrons. The number of hydrogen-bond donors (Lipinski definition) is 1. The molecule has 1 amide bonds. The lowest BCUT2D eigenvalue weighted by atomic mass is 9.93. The fourth-order valence-electron chi connectivity index (χ4n) is 2.57. The molecule has 1 aliphatic carbocycles. The maximum Gasteiger partial charge on any atom is 0.232 e. The molecule has 98 valence electrons. The molecule has 0 bridgehead atoms. The Balaban J connectivity index is 2.61. The number of thiocarbonyl (C=S) groups is 1. The summed E-state index contributed by atoms with van der Waals surface area (Å²) in [4.78, 5) is 14.6. The maximum atomic E-state index is 12.3. The van der Waals surface area contributed by atoms with Gasteiger partial charge < -0.3 is 10.6 Å². The fourth-order valence-corrected chi connectivity index (χ4v) is 2.79. The molecule has 0 spiro atoms. The molecule has 0 saturated heterocycles. The van der Waals surface area contributed by atoms with Gasteiger partial charge in [-0.3, -0.25) is 4.79 Å². The van der Waals surface area contributed by atoms with E-state index in [1.165, 1.54) is 19.3 Å². The van der Waals surface area contributed by atoms with E-state index in [1.807, 2.05) is 11.9 Å². The molecule has 1 fully saturated rings. The number of nitrogens with two attached hydrogens (primary N) is 1. The first-order valence-corrected chi connectivity index (χ1v) is 7.04. The van der Waals surface area contributed by atoms with Crippen LogP contribution in [0.15, 0.2) is 0 Å². The molecule has 1 aliphatic rings. The van der Waals surface area contributed by atoms with Gasteiger partial charge in [0.05, 0.1) is 10.9 Å². The molecule has 1 saturated carbocycles. The summed E-state index contributed by atoms with van der Waals surface area (Å²) in [6.07, 6.45) is 7.71. The molecule has 1 unspecified atom stereocenters. The first-order valence-electron chi connectivity index (χ1n) is 6.64. The van der Waals surface area contributed by atoms with Gasteiger partial charge in [0, 0.05) is 13.1 Å². The Hall–Kier alpha value is -0.640. The van der Waals surface area contributed by atoms with Crippen LogP contribution in [0.2, 0.25) is 0 Å². The van der Waals surface area contributed by atoms with Gasteiger partial charge in [0.15, 0.2) is 0 Å². The van der Waals surface area contributed by atoms with Crippen molar-refractivity contribution < 1.29 is 4.79 Å². The molecular formula is C13H24N2OS. The van der Waals surface area contributed by atoms with Crippen molar-refractivity contribution in [3.05, 3.63) is 0 Å². The zero-order chi connectivity index (χ0) is 12.8. The summed E-state index contributed by atoms with van der Waals surface area (Å²) in [5.74, 6) is -0.145. The lowest BCUT2D eigenvalue weighted by Gasteiger charge is -2.33. The van der Waals surface area contributed by atoms with Gasteiger partial charge in [-0.25, -0.2) is 0 Å². The van der Waals surface area contributed by atoms with E-state index in [0.29, 0.717) is 11.0 Å². The van der Waals surface area contributed by atoms with E-state index >= 15 is 0 Å². The van der Waals surface area contributed by atoms with E-state index in [0.717, 1.165) is 25.7 Å². The Kier molecular flexibility index (Phi) is 5.89. The van der Waals surface area contributed by atoms with Crippen molar-refractivity contribution in [3.8, 4) is 0 Å². The summed E-state index contributed by atoms with van der Waals surface area (Å²) >= 11 is 5.01. The topological polar surface area (TPSA) is 46.3 Å². The highest BCUT2D eigenvalue weighted by atomic mass is 32.1. The predicted molar refractivity (Wildman–Crippen MR) is 74.8 cm³/mol. The highest BCUT2D eigenvalue weighted by molar-refractivity contribution is 7.80. The summed E-state index contributed by atoms with van der Waals surface area (Å²) in [6.45, 7) is 2.05. The van der Waals surface area contributed by atoms with Crippen LogP contribution in [-0.2, 0) is 4.79 Å². The van der Waals surface area contributed by atoms with Gasteiger partial charge in [-0.2, -0.15) is 0 Å². The van der Waals surface area contributed by atoms with Crippen LogP contribution in [0.3, 0.4) is 0 Å². The van der Waals surface area contributed by atoms with Crippen molar-refractivity contribution in [1.82, 2.24) is 4.90 Å². The van der Waals surface area contributed by atoms with Gasteiger partial charge in [-0.1, -0.05) is 44.8 Å². The first kappa shape index (κ1) is 14.4. The van der Waals surface area contributed by atoms with Crippen LogP contribution in [-0.4, -0.2) is 28.9 Å². The molecule has 0 aromatic rings. The Morgan fingerprint density at radius 1 is 1.41 bits per heavy atom. The van der Waals surface area contributed by atoms with Crippen LogP contribution in [0.25, 0.3) is 0 Å². The van der Waals surface area contributed by atoms with Gasteiger partial charge >= 0.3 is 0 Å². The van der Waals surface area contributed by atoms with Gasteiger partial charge in [-0.15, -0.1) is 0 Å². The molecule has 0 heterocycles. The second kappa shape index (κ2) is 6.94. The Morgan fingerprint density at radius 3 is 2.47 bits per heavy atom. The van der Waals surface area contributed by atoms with E-state index in [-0.39, 0.29) is 11.8 Å². The molecule has 0 aliphatic heterocycles. The van der Waals surface area contributed by atoms with Crippen LogP contribution < -0.4 is 5.73 Å². The Labute approximate surface area is 110 Å². The maximum absolute atomic E-state index is 12.3. The zero-order valence-electron chi connectivity index (χ0n) is 10.9. The normalized spacial score (nSPS) is 18.7. The van der Waals surface area contributed by atoms with Crippen LogP contribution in [0.1, 0.15) is 51.9 Å². The number of hydrogen-bond acceptors (Lipinski definition) is 2. The minimum atomic E-state index is -0.262. The number of amides is 1. The van der Waals surface area contributed by atoms with Gasteiger partial charge in [0.2, 0.25) is 5.91 Å². The smallest absolute Gasteiger partial charge is 0.232 e. The van der Waals surface area contributed by atoms with Gasteiger partial charge in [-0.05, 0) is 19.3 Å². The van der Waals surface area contributed by atoms with E-state index < -0.39 is 0 Å². The summed E-state index contributed by atoms with van der Waals surface area (Å²) in [7, 11) is 1.90. The summed E-state index contributed by atoms with van der Waals surface area (Å²) in [5, 5.41) is 0. The lowest BCUT2D eigenvalue weighted by molar-refractivity contribution is -0.134. The van der Waals surface area contributed by atoms with Crippen molar-refractivity contribution >= 4 is 23.1 Å². The SMILES string of the molecule is CCCC(C(=O)N(C)C1CCCCC1)C(N)=S. The molecule has 1 atom stereocenters. The third-order valence-corrected chi connectivity index (χ3v) is 3.97. The van der Waals surface area contributed by atoms with Crippen molar-refractivity contribution in [1.29, 1.82) is 0 Å². The van der Waals surface area contributed by atoms with Crippen molar-refractivity contribution in [3.63, 3.8) is 0 Å². The molecule has 2 N–H and O–H groups in total. The van der Waals surface area contributed by atoms with E-state index in [9.17, 15) is 4.79 Å². The highest BCUT2D eigenvalue weighted by Gasteiger charge is 2.28. The summed E-state index contributed by atoms with van der Waals surface area (Å²) in [5.41, 5.74) is 5.67. The molecule has 0 aromatic heterocycles. The monoisotopic (exact) mass is 256 g/mol. The largest absolute Gasteiger partial charge is 0.393 e. The second-order valence-corrected chi connectivity index (χ2v) is 5.46. The first-order chi connectivity index (χ1) is 8.07. The highest BCUT2D eigenvalue weighted by Crippen LogP contribution is 2.23. The Bertz CT molecular complexity index is 275. The number of rotatable bonds is 5. The summed E-state index contributed by atoms with van der Waals surface area (Å²) in [6, 6.07) is 0.393. The number of carbonyl (C=O) groups excluding carboxylic acids is 1. The van der Waals surface area contributed by atoms with E-state index in [1.54, 1.807) is 0 Å². The number of carbonyl (C=O) groups is 1. The van der Waals surface area contributed by atoms with Crippen LogP contribution in [0.4, 0.5) is 0 Å². The molecule has 3 nitrogen and oxygen atoms in total. The fraction of sp³-hybridized carbons (Fsp3) is 0.846. The van der Waals surface area contributed by atoms with Gasteiger partial charge in [0.1, 0.15) is 0 Å². The van der Waals surface area contributed by atoms with E-state index in [2.05, 4.69) is 6.92 Å². The average Bonchev–Trinajstić information content (AvgIpc) is 2.35. The van der Waals surface area contributed by atoms with Crippen molar-refractivity contribution in [2.75, 3.05) is 7.05 Å². The van der Waals surface area contributed by atoms with Crippen molar-refractivity contribution in [2.45, 2.75) is 57.9 Å². The predicted octanol–water partition coefficient (Wildman–Crippen LogP) is 2.48. The molecule has 1 rings (SSSR count). The molecule has 0 aromatic carbocycles. The zero-order valence-corrected chi connectivity index (χ0v) is 11.8. The standard InChI is InChI=1S/C13H24N2OS/c1-3-7-11(12(14)17)13(16)15(2)10-8-5-4-6-9-10/h10-11H,3-9H2,1-2H3,(H2,14,17). The van der Waals surface area contributed by atoms with Crippen LogP contribution in [0.5, 0.6) is 0 Å². The second-order valence-electron chi connectivity index (χ2n) is 4.98. The summed E-state index contributed by atoms with van der Waals surface area (Å²) < 4.78 is 0. The van der Waals surface area contributed by atoms with Crippen LogP contribution >= 0.6 is 12.2 Å². The number of nitrogens with zero attached hydrogens (tertiary/aromatic N) is 1. The van der Waals surface area contributed by atoms with Crippen LogP contribution in [0, 0.1) is 5.92 Å². The molecular weight excluding hydrogens is 232 g/mol. The third-order valence-electron chi connectivity index (χ3n) is 3.69. The lowest BCUT2D eigenvalue weighted by Crippen LogP contribution is -2.45. The minimum absolute atomic E-state index is 0.117. The average molecular weight is 256 g/mol. The molecule has 4 heteroatoms. The van der Waals surface area contributed by atoms with Gasteiger partial charge in [0.25, 0.3) is 0 Å². The minimum Gasteiger partial charge on any atom is -0.393 e. The third kappa shape index (κ3) is 3.95. The Morgan fingerprint density at radius 2 is 2.00 bits per heavy atom. The van der Waals surface area contributed by atoms with Crippen molar-refractivity contribution in [2.24, 2.45) is 11.7 Å². The van der Waals surface area contributed by atoms with E-state index in [4.69, 9.17) is 18.0 Å². The quantitative estimate of drug-likeness (QED) is 0.769. The molecule has 17 heavy (non-hydrogen) atoms.